The maximum absolute atomic E-state index is 12.7. The van der Waals surface area contributed by atoms with Crippen LogP contribution in [0.1, 0.15) is 10.4 Å². The molecule has 0 aliphatic rings. The largest absolute Gasteiger partial charge is 0.493 e. The van der Waals surface area contributed by atoms with Gasteiger partial charge in [0.15, 0.2) is 16.6 Å². The van der Waals surface area contributed by atoms with Crippen LogP contribution in [0, 0.1) is 0 Å². The molecule has 0 saturated carbocycles. The zero-order valence-electron chi connectivity index (χ0n) is 19.1. The lowest BCUT2D eigenvalue weighted by molar-refractivity contribution is 0.0977. The van der Waals surface area contributed by atoms with Crippen LogP contribution in [-0.2, 0) is 0 Å². The third kappa shape index (κ3) is 6.76. The van der Waals surface area contributed by atoms with Gasteiger partial charge in [0.05, 0.1) is 21.3 Å². The highest BCUT2D eigenvalue weighted by Gasteiger charge is 2.17. The van der Waals surface area contributed by atoms with Crippen LogP contribution in [0.25, 0.3) is 0 Å². The Morgan fingerprint density at radius 1 is 0.794 bits per heavy atom. The van der Waals surface area contributed by atoms with E-state index in [4.69, 9.17) is 35.9 Å². The molecule has 1 amide bonds. The molecule has 3 rings (SSSR count). The summed E-state index contributed by atoms with van der Waals surface area (Å²) < 4.78 is 27.1. The zero-order valence-corrected chi connectivity index (χ0v) is 19.9. The summed E-state index contributed by atoms with van der Waals surface area (Å²) in [7, 11) is 4.46. The van der Waals surface area contributed by atoms with Crippen molar-refractivity contribution >= 4 is 28.9 Å². The van der Waals surface area contributed by atoms with Gasteiger partial charge in [-0.15, -0.1) is 0 Å². The summed E-state index contributed by atoms with van der Waals surface area (Å²) >= 11 is 5.27. The minimum absolute atomic E-state index is 0.142. The number of ether oxygens (including phenoxy) is 5. The average Bonchev–Trinajstić information content (AvgIpc) is 2.87. The summed E-state index contributed by atoms with van der Waals surface area (Å²) in [5.74, 6) is 2.21. The second kappa shape index (κ2) is 12.3. The van der Waals surface area contributed by atoms with Crippen molar-refractivity contribution in [1.29, 1.82) is 0 Å². The first-order valence-corrected chi connectivity index (χ1v) is 10.8. The van der Waals surface area contributed by atoms with E-state index in [1.807, 2.05) is 30.3 Å². The fourth-order valence-corrected chi connectivity index (χ4v) is 3.23. The van der Waals surface area contributed by atoms with Gasteiger partial charge < -0.3 is 29.0 Å². The fourth-order valence-electron chi connectivity index (χ4n) is 3.02. The molecule has 0 aliphatic heterocycles. The quantitative estimate of drug-likeness (QED) is 0.327. The normalized spacial score (nSPS) is 10.1. The van der Waals surface area contributed by atoms with E-state index < -0.39 is 5.91 Å². The van der Waals surface area contributed by atoms with E-state index >= 15 is 0 Å². The number of benzene rings is 3. The van der Waals surface area contributed by atoms with Crippen LogP contribution in [0.15, 0.2) is 66.7 Å². The van der Waals surface area contributed by atoms with Crippen LogP contribution < -0.4 is 34.3 Å². The van der Waals surface area contributed by atoms with Gasteiger partial charge in [-0.3, -0.25) is 10.1 Å². The highest BCUT2D eigenvalue weighted by molar-refractivity contribution is 7.80. The van der Waals surface area contributed by atoms with Crippen LogP contribution >= 0.6 is 12.2 Å². The minimum Gasteiger partial charge on any atom is -0.493 e. The molecule has 0 unspecified atom stereocenters. The highest BCUT2D eigenvalue weighted by Crippen LogP contribution is 2.38. The molecular formula is C25H26N2O6S. The van der Waals surface area contributed by atoms with Crippen LogP contribution in [-0.4, -0.2) is 45.6 Å². The smallest absolute Gasteiger partial charge is 0.257 e. The number of para-hydroxylation sites is 1. The predicted octanol–water partition coefficient (Wildman–Crippen LogP) is 4.30. The summed E-state index contributed by atoms with van der Waals surface area (Å²) in [5.41, 5.74) is 1.00. The standard InChI is InChI=1S/C25H26N2O6S/c1-29-21-15-17(16-22(30-2)23(21)31-3)24(28)27-25(34)26-18-9-11-20(12-10-18)33-14-13-32-19-7-5-4-6-8-19/h4-12,15-16H,13-14H2,1-3H3,(H2,26,27,28,34). The maximum atomic E-state index is 12.7. The Labute approximate surface area is 203 Å². The molecule has 0 bridgehead atoms. The third-order valence-electron chi connectivity index (χ3n) is 4.63. The van der Waals surface area contributed by atoms with Gasteiger partial charge in [-0.2, -0.15) is 0 Å². The topological polar surface area (TPSA) is 87.3 Å². The molecule has 0 spiro atoms. The first-order valence-electron chi connectivity index (χ1n) is 10.4. The van der Waals surface area contributed by atoms with Crippen molar-refractivity contribution in [3.05, 3.63) is 72.3 Å². The molecule has 8 nitrogen and oxygen atoms in total. The van der Waals surface area contributed by atoms with Crippen LogP contribution in [0.3, 0.4) is 0 Å². The molecule has 3 aromatic rings. The average molecular weight is 483 g/mol. The predicted molar refractivity (Wildman–Crippen MR) is 134 cm³/mol. The van der Waals surface area contributed by atoms with Crippen molar-refractivity contribution < 1.29 is 28.5 Å². The number of hydrogen-bond acceptors (Lipinski definition) is 7. The van der Waals surface area contributed by atoms with Crippen molar-refractivity contribution in [1.82, 2.24) is 5.32 Å². The first-order chi connectivity index (χ1) is 16.5. The lowest BCUT2D eigenvalue weighted by Gasteiger charge is -2.15. The number of anilines is 1. The fraction of sp³-hybridized carbons (Fsp3) is 0.200. The molecule has 0 fully saturated rings. The summed E-state index contributed by atoms with van der Waals surface area (Å²) in [6, 6.07) is 19.8. The lowest BCUT2D eigenvalue weighted by Crippen LogP contribution is -2.34. The Morgan fingerprint density at radius 3 is 1.88 bits per heavy atom. The number of amides is 1. The molecule has 9 heteroatoms. The van der Waals surface area contributed by atoms with Crippen molar-refractivity contribution in [2.24, 2.45) is 0 Å². The van der Waals surface area contributed by atoms with Gasteiger partial charge in [-0.25, -0.2) is 0 Å². The molecule has 3 aromatic carbocycles. The third-order valence-corrected chi connectivity index (χ3v) is 4.83. The number of carbonyl (C=O) groups excluding carboxylic acids is 1. The lowest BCUT2D eigenvalue weighted by atomic mass is 10.1. The molecular weight excluding hydrogens is 456 g/mol. The molecule has 0 radical (unpaired) electrons. The van der Waals surface area contributed by atoms with Crippen molar-refractivity contribution in [2.75, 3.05) is 39.9 Å². The molecule has 0 heterocycles. The summed E-state index contributed by atoms with van der Waals surface area (Å²) in [5, 5.41) is 5.75. The van der Waals surface area contributed by atoms with Gasteiger partial charge in [-0.05, 0) is 60.7 Å². The van der Waals surface area contributed by atoms with Gasteiger partial charge in [0.25, 0.3) is 5.91 Å². The van der Waals surface area contributed by atoms with Crippen LogP contribution in [0.2, 0.25) is 0 Å². The zero-order chi connectivity index (χ0) is 24.3. The second-order valence-electron chi connectivity index (χ2n) is 6.86. The van der Waals surface area contributed by atoms with Gasteiger partial charge in [0.2, 0.25) is 5.75 Å². The van der Waals surface area contributed by atoms with E-state index in [-0.39, 0.29) is 5.11 Å². The summed E-state index contributed by atoms with van der Waals surface area (Å²) in [4.78, 5) is 12.7. The molecule has 0 atom stereocenters. The van der Waals surface area contributed by atoms with Crippen molar-refractivity contribution in [2.45, 2.75) is 0 Å². The number of carbonyl (C=O) groups is 1. The molecule has 0 aliphatic carbocycles. The summed E-state index contributed by atoms with van der Waals surface area (Å²) in [6.45, 7) is 0.839. The van der Waals surface area contributed by atoms with E-state index in [9.17, 15) is 4.79 Å². The Hall–Kier alpha value is -3.98. The van der Waals surface area contributed by atoms with E-state index in [1.54, 1.807) is 36.4 Å². The number of methoxy groups -OCH3 is 3. The van der Waals surface area contributed by atoms with Crippen LogP contribution in [0.5, 0.6) is 28.7 Å². The maximum Gasteiger partial charge on any atom is 0.257 e. The van der Waals surface area contributed by atoms with Gasteiger partial charge in [0.1, 0.15) is 24.7 Å². The Kier molecular flexibility index (Phi) is 8.93. The van der Waals surface area contributed by atoms with E-state index in [0.717, 1.165) is 5.75 Å². The minimum atomic E-state index is -0.421. The molecule has 2 N–H and O–H groups in total. The van der Waals surface area contributed by atoms with Gasteiger partial charge in [0, 0.05) is 11.3 Å². The van der Waals surface area contributed by atoms with E-state index in [0.29, 0.717) is 47.5 Å². The molecule has 0 saturated heterocycles. The number of thiocarbonyl (C=S) groups is 1. The second-order valence-corrected chi connectivity index (χ2v) is 7.26. The highest BCUT2D eigenvalue weighted by atomic mass is 32.1. The number of nitrogens with one attached hydrogen (secondary N) is 2. The first kappa shape index (κ1) is 24.7. The van der Waals surface area contributed by atoms with Crippen molar-refractivity contribution in [3.8, 4) is 28.7 Å². The Balaban J connectivity index is 1.50. The Bertz CT molecular complexity index is 1080. The van der Waals surface area contributed by atoms with Crippen LogP contribution in [0.4, 0.5) is 5.69 Å². The van der Waals surface area contributed by atoms with E-state index in [2.05, 4.69) is 10.6 Å². The molecule has 0 aromatic heterocycles. The Morgan fingerprint density at radius 2 is 1.35 bits per heavy atom. The number of rotatable bonds is 10. The van der Waals surface area contributed by atoms with Gasteiger partial charge >= 0.3 is 0 Å². The number of hydrogen-bond donors (Lipinski definition) is 2. The van der Waals surface area contributed by atoms with Crippen molar-refractivity contribution in [3.63, 3.8) is 0 Å². The van der Waals surface area contributed by atoms with Gasteiger partial charge in [-0.1, -0.05) is 18.2 Å². The SMILES string of the molecule is COc1cc(C(=O)NC(=S)Nc2ccc(OCCOc3ccccc3)cc2)cc(OC)c1OC. The molecule has 34 heavy (non-hydrogen) atoms. The molecule has 178 valence electrons. The summed E-state index contributed by atoms with van der Waals surface area (Å²) in [6.07, 6.45) is 0. The van der Waals surface area contributed by atoms with E-state index in [1.165, 1.54) is 21.3 Å². The monoisotopic (exact) mass is 482 g/mol.